The molecular weight excluding hydrogens is 470 g/mol. The van der Waals surface area contributed by atoms with Gasteiger partial charge in [0.1, 0.15) is 10.8 Å². The maximum absolute atomic E-state index is 13.2. The Morgan fingerprint density at radius 1 is 0.941 bits per heavy atom. The number of nitrogens with zero attached hydrogens (tertiary/aromatic N) is 4. The lowest BCUT2D eigenvalue weighted by Crippen LogP contribution is -2.47. The number of carbonyl (C=O) groups excluding carboxylic acids is 1. The number of benzene rings is 2. The van der Waals surface area contributed by atoms with Crippen LogP contribution in [-0.2, 0) is 11.0 Å². The molecule has 0 unspecified atom stereocenters. The van der Waals surface area contributed by atoms with Crippen LogP contribution in [0.25, 0.3) is 0 Å². The van der Waals surface area contributed by atoms with Gasteiger partial charge < -0.3 is 15.1 Å². The summed E-state index contributed by atoms with van der Waals surface area (Å²) >= 11 is 1.21. The van der Waals surface area contributed by atoms with Crippen molar-refractivity contribution in [1.82, 2.24) is 10.2 Å². The molecule has 1 N–H and O–H groups in total. The first-order valence-corrected chi connectivity index (χ1v) is 11.5. The third-order valence-corrected chi connectivity index (χ3v) is 6.15. The Balaban J connectivity index is 1.27. The van der Waals surface area contributed by atoms with E-state index in [1.165, 1.54) is 42.1 Å². The summed E-state index contributed by atoms with van der Waals surface area (Å²) in [5.41, 5.74) is 0.274. The van der Waals surface area contributed by atoms with E-state index >= 15 is 0 Å². The molecule has 1 fully saturated rings. The van der Waals surface area contributed by atoms with Gasteiger partial charge in [-0.1, -0.05) is 23.9 Å². The SMILES string of the molecule is O=C(CSc1ccc(N2CCN(c3cccc(C(F)(F)F)c3)CC2)nn1)Nc1cccc(F)c1. The lowest BCUT2D eigenvalue weighted by molar-refractivity contribution is -0.137. The zero-order valence-corrected chi connectivity index (χ0v) is 18.7. The molecule has 0 saturated carbocycles. The van der Waals surface area contributed by atoms with Gasteiger partial charge in [0.2, 0.25) is 5.91 Å². The number of thioether (sulfide) groups is 1. The summed E-state index contributed by atoms with van der Waals surface area (Å²) in [6, 6.07) is 14.6. The van der Waals surface area contributed by atoms with Crippen LogP contribution >= 0.6 is 11.8 Å². The number of hydrogen-bond donors (Lipinski definition) is 1. The molecule has 4 rings (SSSR count). The van der Waals surface area contributed by atoms with Crippen LogP contribution in [0.5, 0.6) is 0 Å². The maximum atomic E-state index is 13.2. The van der Waals surface area contributed by atoms with Crippen molar-refractivity contribution >= 4 is 34.9 Å². The minimum Gasteiger partial charge on any atom is -0.368 e. The second-order valence-electron chi connectivity index (χ2n) is 7.60. The first-order valence-electron chi connectivity index (χ1n) is 10.5. The largest absolute Gasteiger partial charge is 0.416 e. The Morgan fingerprint density at radius 3 is 2.35 bits per heavy atom. The fourth-order valence-electron chi connectivity index (χ4n) is 3.53. The number of rotatable bonds is 6. The Labute approximate surface area is 198 Å². The minimum absolute atomic E-state index is 0.0974. The molecule has 2 heterocycles. The highest BCUT2D eigenvalue weighted by Crippen LogP contribution is 2.32. The quantitative estimate of drug-likeness (QED) is 0.399. The summed E-state index contributed by atoms with van der Waals surface area (Å²) in [7, 11) is 0. The highest BCUT2D eigenvalue weighted by Gasteiger charge is 2.31. The van der Waals surface area contributed by atoms with E-state index in [9.17, 15) is 22.4 Å². The highest BCUT2D eigenvalue weighted by atomic mass is 32.2. The monoisotopic (exact) mass is 491 g/mol. The normalized spacial score (nSPS) is 14.2. The summed E-state index contributed by atoms with van der Waals surface area (Å²) in [5, 5.41) is 11.6. The number of hydrogen-bond acceptors (Lipinski definition) is 6. The maximum Gasteiger partial charge on any atom is 0.416 e. The average Bonchev–Trinajstić information content (AvgIpc) is 2.83. The molecule has 1 aromatic heterocycles. The molecule has 2 aromatic carbocycles. The fourth-order valence-corrected chi connectivity index (χ4v) is 4.15. The van der Waals surface area contributed by atoms with Crippen molar-refractivity contribution in [1.29, 1.82) is 0 Å². The molecule has 1 aliphatic heterocycles. The van der Waals surface area contributed by atoms with Crippen LogP contribution in [0.15, 0.2) is 65.7 Å². The Kier molecular flexibility index (Phi) is 7.20. The second-order valence-corrected chi connectivity index (χ2v) is 8.59. The van der Waals surface area contributed by atoms with Gasteiger partial charge in [-0.2, -0.15) is 13.2 Å². The second kappa shape index (κ2) is 10.3. The summed E-state index contributed by atoms with van der Waals surface area (Å²) < 4.78 is 52.2. The van der Waals surface area contributed by atoms with Gasteiger partial charge in [0.15, 0.2) is 5.82 Å². The number of halogens is 4. The summed E-state index contributed by atoms with van der Waals surface area (Å²) in [6.45, 7) is 2.29. The standard InChI is InChI=1S/C23H21F4N5OS/c24-17-4-2-5-18(14-17)28-21(33)15-34-22-8-7-20(29-30-22)32-11-9-31(10-12-32)19-6-1-3-16(13-19)23(25,26)27/h1-8,13-14H,9-12,15H2,(H,28,33). The molecule has 1 amide bonds. The Morgan fingerprint density at radius 2 is 1.68 bits per heavy atom. The van der Waals surface area contributed by atoms with Crippen LogP contribution in [0.2, 0.25) is 0 Å². The van der Waals surface area contributed by atoms with Crippen LogP contribution < -0.4 is 15.1 Å². The minimum atomic E-state index is -4.37. The van der Waals surface area contributed by atoms with Crippen LogP contribution in [-0.4, -0.2) is 48.0 Å². The van der Waals surface area contributed by atoms with Crippen LogP contribution in [0.1, 0.15) is 5.56 Å². The van der Waals surface area contributed by atoms with Gasteiger partial charge in [-0.3, -0.25) is 4.79 Å². The van der Waals surface area contributed by atoms with Gasteiger partial charge in [-0.15, -0.1) is 10.2 Å². The van der Waals surface area contributed by atoms with Crippen molar-refractivity contribution in [2.75, 3.05) is 47.0 Å². The third kappa shape index (κ3) is 6.16. The van der Waals surface area contributed by atoms with Gasteiger partial charge in [-0.05, 0) is 48.5 Å². The fraction of sp³-hybridized carbons (Fsp3) is 0.261. The first-order chi connectivity index (χ1) is 16.3. The highest BCUT2D eigenvalue weighted by molar-refractivity contribution is 7.99. The van der Waals surface area contributed by atoms with Gasteiger partial charge in [0.05, 0.1) is 11.3 Å². The number of piperazine rings is 1. The van der Waals surface area contributed by atoms with Crippen molar-refractivity contribution in [3.63, 3.8) is 0 Å². The van der Waals surface area contributed by atoms with Crippen molar-refractivity contribution in [3.8, 4) is 0 Å². The van der Waals surface area contributed by atoms with E-state index in [0.717, 1.165) is 6.07 Å². The van der Waals surface area contributed by atoms with E-state index in [-0.39, 0.29) is 11.7 Å². The van der Waals surface area contributed by atoms with E-state index in [2.05, 4.69) is 15.5 Å². The van der Waals surface area contributed by atoms with Crippen molar-refractivity contribution < 1.29 is 22.4 Å². The van der Waals surface area contributed by atoms with Crippen LogP contribution in [0.3, 0.4) is 0 Å². The summed E-state index contributed by atoms with van der Waals surface area (Å²) in [6.07, 6.45) is -4.37. The van der Waals surface area contributed by atoms with E-state index in [1.54, 1.807) is 24.3 Å². The molecule has 11 heteroatoms. The predicted octanol–water partition coefficient (Wildman–Crippen LogP) is 4.69. The number of anilines is 3. The van der Waals surface area contributed by atoms with Crippen molar-refractivity contribution in [3.05, 3.63) is 72.0 Å². The van der Waals surface area contributed by atoms with Crippen molar-refractivity contribution in [2.24, 2.45) is 0 Å². The summed E-state index contributed by atoms with van der Waals surface area (Å²) in [5.74, 6) is 0.0484. The van der Waals surface area contributed by atoms with E-state index in [4.69, 9.17) is 0 Å². The van der Waals surface area contributed by atoms with E-state index in [0.29, 0.717) is 48.4 Å². The molecule has 0 aliphatic carbocycles. The lowest BCUT2D eigenvalue weighted by atomic mass is 10.1. The third-order valence-electron chi connectivity index (χ3n) is 5.23. The Bertz CT molecular complexity index is 1130. The molecule has 0 bridgehead atoms. The topological polar surface area (TPSA) is 61.4 Å². The molecule has 3 aromatic rings. The van der Waals surface area contributed by atoms with Crippen molar-refractivity contribution in [2.45, 2.75) is 11.2 Å². The summed E-state index contributed by atoms with van der Waals surface area (Å²) in [4.78, 5) is 16.0. The van der Waals surface area contributed by atoms with Gasteiger partial charge in [0, 0.05) is 37.6 Å². The average molecular weight is 492 g/mol. The molecule has 0 atom stereocenters. The number of amides is 1. The molecule has 0 radical (unpaired) electrons. The molecule has 0 spiro atoms. The van der Waals surface area contributed by atoms with Crippen LogP contribution in [0, 0.1) is 5.82 Å². The van der Waals surface area contributed by atoms with Gasteiger partial charge >= 0.3 is 6.18 Å². The molecule has 6 nitrogen and oxygen atoms in total. The van der Waals surface area contributed by atoms with E-state index < -0.39 is 17.6 Å². The Hall–Kier alpha value is -3.34. The lowest BCUT2D eigenvalue weighted by Gasteiger charge is -2.36. The molecule has 1 aliphatic rings. The molecular formula is C23H21F4N5OS. The number of aromatic nitrogens is 2. The van der Waals surface area contributed by atoms with Gasteiger partial charge in [-0.25, -0.2) is 4.39 Å². The smallest absolute Gasteiger partial charge is 0.368 e. The molecule has 178 valence electrons. The molecule has 34 heavy (non-hydrogen) atoms. The number of nitrogens with one attached hydrogen (secondary N) is 1. The number of alkyl halides is 3. The number of carbonyl (C=O) groups is 1. The van der Waals surface area contributed by atoms with Gasteiger partial charge in [0.25, 0.3) is 0 Å². The van der Waals surface area contributed by atoms with E-state index in [1.807, 2.05) is 9.80 Å². The molecule has 1 saturated heterocycles. The van der Waals surface area contributed by atoms with Crippen LogP contribution in [0.4, 0.5) is 34.8 Å². The zero-order chi connectivity index (χ0) is 24.1. The first kappa shape index (κ1) is 23.8. The zero-order valence-electron chi connectivity index (χ0n) is 17.9. The predicted molar refractivity (Wildman–Crippen MR) is 124 cm³/mol.